The summed E-state index contributed by atoms with van der Waals surface area (Å²) in [5, 5.41) is 0. The molecule has 0 aromatic heterocycles. The largest absolute Gasteiger partial charge is 0.342 e. The summed E-state index contributed by atoms with van der Waals surface area (Å²) in [5.74, 6) is 6.34. The number of hydrazine groups is 1. The van der Waals surface area contributed by atoms with Gasteiger partial charge in [-0.3, -0.25) is 10.4 Å². The fourth-order valence-electron chi connectivity index (χ4n) is 2.07. The lowest BCUT2D eigenvalue weighted by molar-refractivity contribution is 0.359. The van der Waals surface area contributed by atoms with Gasteiger partial charge >= 0.3 is 0 Å². The molecule has 0 heterocycles. The van der Waals surface area contributed by atoms with Crippen molar-refractivity contribution in [1.82, 2.24) is 10.3 Å². The molecule has 1 aliphatic rings. The first-order valence-electron chi connectivity index (χ1n) is 6.03. The molecule has 0 bridgehead atoms. The van der Waals surface area contributed by atoms with Gasteiger partial charge in [0.2, 0.25) is 5.96 Å². The molecule has 1 aliphatic carbocycles. The van der Waals surface area contributed by atoms with E-state index in [2.05, 4.69) is 29.3 Å². The average molecular weight is 212 g/mol. The topological polar surface area (TPSA) is 53.6 Å². The first kappa shape index (κ1) is 12.3. The van der Waals surface area contributed by atoms with Gasteiger partial charge in [0, 0.05) is 19.6 Å². The van der Waals surface area contributed by atoms with Crippen LogP contribution in [0.1, 0.15) is 45.4 Å². The fourth-order valence-corrected chi connectivity index (χ4v) is 2.07. The standard InChI is InChI=1S/C11H24N4/c1-3-4-9-13-11(14-12)15(2)10-7-5-6-8-10/h10H,3-9,12H2,1-2H3,(H,13,14). The number of nitrogens with zero attached hydrogens (tertiary/aromatic N) is 2. The van der Waals surface area contributed by atoms with E-state index >= 15 is 0 Å². The molecule has 0 unspecified atom stereocenters. The van der Waals surface area contributed by atoms with Crippen LogP contribution in [0.15, 0.2) is 4.99 Å². The monoisotopic (exact) mass is 212 g/mol. The Bertz CT molecular complexity index is 197. The number of guanidine groups is 1. The van der Waals surface area contributed by atoms with Crippen LogP contribution < -0.4 is 11.3 Å². The molecule has 4 heteroatoms. The van der Waals surface area contributed by atoms with Crippen molar-refractivity contribution in [3.8, 4) is 0 Å². The number of rotatable bonds is 4. The van der Waals surface area contributed by atoms with Crippen molar-refractivity contribution in [2.24, 2.45) is 10.8 Å². The minimum absolute atomic E-state index is 0.626. The molecule has 0 aromatic carbocycles. The van der Waals surface area contributed by atoms with E-state index in [1.54, 1.807) is 0 Å². The summed E-state index contributed by atoms with van der Waals surface area (Å²) in [6.07, 6.45) is 7.51. The molecular formula is C11H24N4. The van der Waals surface area contributed by atoms with Crippen LogP contribution in [0, 0.1) is 0 Å². The highest BCUT2D eigenvalue weighted by atomic mass is 15.4. The van der Waals surface area contributed by atoms with Gasteiger partial charge in [0.25, 0.3) is 0 Å². The minimum Gasteiger partial charge on any atom is -0.342 e. The number of nitrogens with two attached hydrogens (primary N) is 1. The Kier molecular flexibility index (Phi) is 5.47. The van der Waals surface area contributed by atoms with Gasteiger partial charge in [0.1, 0.15) is 0 Å². The fraction of sp³-hybridized carbons (Fsp3) is 0.909. The summed E-state index contributed by atoms with van der Waals surface area (Å²) in [4.78, 5) is 6.68. The molecule has 15 heavy (non-hydrogen) atoms. The van der Waals surface area contributed by atoms with E-state index in [4.69, 9.17) is 5.84 Å². The maximum atomic E-state index is 5.50. The molecule has 0 aliphatic heterocycles. The minimum atomic E-state index is 0.626. The van der Waals surface area contributed by atoms with Gasteiger partial charge in [-0.1, -0.05) is 26.2 Å². The molecule has 1 fully saturated rings. The van der Waals surface area contributed by atoms with E-state index in [-0.39, 0.29) is 0 Å². The molecule has 1 rings (SSSR count). The third-order valence-electron chi connectivity index (χ3n) is 3.11. The summed E-state index contributed by atoms with van der Waals surface area (Å²) in [7, 11) is 2.08. The first-order chi connectivity index (χ1) is 7.29. The second-order valence-electron chi connectivity index (χ2n) is 4.25. The van der Waals surface area contributed by atoms with Crippen molar-refractivity contribution < 1.29 is 0 Å². The number of nitrogens with one attached hydrogen (secondary N) is 1. The number of unbranched alkanes of at least 4 members (excludes halogenated alkanes) is 1. The molecule has 3 N–H and O–H groups in total. The molecule has 0 radical (unpaired) electrons. The van der Waals surface area contributed by atoms with Gasteiger partial charge in [-0.25, -0.2) is 5.84 Å². The van der Waals surface area contributed by atoms with Gasteiger partial charge < -0.3 is 4.90 Å². The Morgan fingerprint density at radius 2 is 2.13 bits per heavy atom. The molecule has 0 amide bonds. The third kappa shape index (κ3) is 3.70. The number of aliphatic imine (C=N–C) groups is 1. The number of hydrogen-bond acceptors (Lipinski definition) is 2. The molecule has 0 atom stereocenters. The Labute approximate surface area is 92.9 Å². The van der Waals surface area contributed by atoms with Crippen molar-refractivity contribution in [3.05, 3.63) is 0 Å². The lowest BCUT2D eigenvalue weighted by atomic mass is 10.2. The zero-order valence-corrected chi connectivity index (χ0v) is 10.00. The summed E-state index contributed by atoms with van der Waals surface area (Å²) >= 11 is 0. The second kappa shape index (κ2) is 6.67. The maximum Gasteiger partial charge on any atom is 0.208 e. The van der Waals surface area contributed by atoms with E-state index in [9.17, 15) is 0 Å². The highest BCUT2D eigenvalue weighted by Crippen LogP contribution is 2.22. The predicted octanol–water partition coefficient (Wildman–Crippen LogP) is 1.48. The van der Waals surface area contributed by atoms with Crippen LogP contribution in [0.5, 0.6) is 0 Å². The summed E-state index contributed by atoms with van der Waals surface area (Å²) in [6.45, 7) is 3.04. The average Bonchev–Trinajstić information content (AvgIpc) is 2.77. The van der Waals surface area contributed by atoms with Crippen molar-refractivity contribution in [2.45, 2.75) is 51.5 Å². The highest BCUT2D eigenvalue weighted by Gasteiger charge is 2.21. The van der Waals surface area contributed by atoms with Gasteiger partial charge in [-0.2, -0.15) is 0 Å². The van der Waals surface area contributed by atoms with Crippen LogP contribution in [-0.2, 0) is 0 Å². The normalized spacial score (nSPS) is 18.2. The van der Waals surface area contributed by atoms with Crippen LogP contribution in [0.25, 0.3) is 0 Å². The van der Waals surface area contributed by atoms with E-state index in [0.29, 0.717) is 6.04 Å². The van der Waals surface area contributed by atoms with Gasteiger partial charge in [0.05, 0.1) is 0 Å². The zero-order valence-electron chi connectivity index (χ0n) is 10.00. The molecule has 0 saturated heterocycles. The SMILES string of the molecule is CCCCN=C(NN)N(C)C1CCCC1. The van der Waals surface area contributed by atoms with E-state index in [0.717, 1.165) is 18.9 Å². The van der Waals surface area contributed by atoms with Crippen LogP contribution in [0.2, 0.25) is 0 Å². The molecule has 0 spiro atoms. The quantitative estimate of drug-likeness (QED) is 0.244. The van der Waals surface area contributed by atoms with E-state index in [1.165, 1.54) is 32.1 Å². The molecule has 4 nitrogen and oxygen atoms in total. The molecule has 1 saturated carbocycles. The lowest BCUT2D eigenvalue weighted by Crippen LogP contribution is -2.46. The van der Waals surface area contributed by atoms with Crippen molar-refractivity contribution in [1.29, 1.82) is 0 Å². The van der Waals surface area contributed by atoms with Crippen molar-refractivity contribution in [3.63, 3.8) is 0 Å². The van der Waals surface area contributed by atoms with Crippen LogP contribution in [-0.4, -0.2) is 30.5 Å². The van der Waals surface area contributed by atoms with Crippen LogP contribution in [0.4, 0.5) is 0 Å². The Hall–Kier alpha value is -0.770. The molecule has 88 valence electrons. The van der Waals surface area contributed by atoms with Gasteiger partial charge in [0.15, 0.2) is 0 Å². The lowest BCUT2D eigenvalue weighted by Gasteiger charge is -2.27. The smallest absolute Gasteiger partial charge is 0.208 e. The van der Waals surface area contributed by atoms with E-state index in [1.807, 2.05) is 0 Å². The third-order valence-corrected chi connectivity index (χ3v) is 3.11. The zero-order chi connectivity index (χ0) is 11.1. The van der Waals surface area contributed by atoms with Crippen molar-refractivity contribution in [2.75, 3.05) is 13.6 Å². The second-order valence-corrected chi connectivity index (χ2v) is 4.25. The predicted molar refractivity (Wildman–Crippen MR) is 64.6 cm³/mol. The maximum absolute atomic E-state index is 5.50. The van der Waals surface area contributed by atoms with Gasteiger partial charge in [-0.05, 0) is 19.3 Å². The first-order valence-corrected chi connectivity index (χ1v) is 6.03. The van der Waals surface area contributed by atoms with Crippen LogP contribution in [0.3, 0.4) is 0 Å². The summed E-state index contributed by atoms with van der Waals surface area (Å²) in [6, 6.07) is 0.626. The van der Waals surface area contributed by atoms with Crippen LogP contribution >= 0.6 is 0 Å². The van der Waals surface area contributed by atoms with E-state index < -0.39 is 0 Å². The Morgan fingerprint density at radius 3 is 2.67 bits per heavy atom. The molecule has 0 aromatic rings. The van der Waals surface area contributed by atoms with Crippen molar-refractivity contribution >= 4 is 5.96 Å². The summed E-state index contributed by atoms with van der Waals surface area (Å²) < 4.78 is 0. The molecular weight excluding hydrogens is 188 g/mol. The Morgan fingerprint density at radius 1 is 1.47 bits per heavy atom. The highest BCUT2D eigenvalue weighted by molar-refractivity contribution is 5.79. The Balaban J connectivity index is 2.44. The number of hydrogen-bond donors (Lipinski definition) is 2. The van der Waals surface area contributed by atoms with Gasteiger partial charge in [-0.15, -0.1) is 0 Å². The summed E-state index contributed by atoms with van der Waals surface area (Å²) in [5.41, 5.74) is 2.71.